The van der Waals surface area contributed by atoms with Gasteiger partial charge in [0, 0.05) is 24.9 Å². The molecular weight excluding hydrogens is 262 g/mol. The van der Waals surface area contributed by atoms with Crippen LogP contribution in [0.15, 0.2) is 42.0 Å². The number of anilines is 1. The number of fused-ring (bicyclic) bond motifs is 1. The van der Waals surface area contributed by atoms with E-state index in [0.29, 0.717) is 6.54 Å². The van der Waals surface area contributed by atoms with Crippen molar-refractivity contribution in [2.75, 3.05) is 25.2 Å². The van der Waals surface area contributed by atoms with Crippen LogP contribution in [-0.4, -0.2) is 20.3 Å². The van der Waals surface area contributed by atoms with Gasteiger partial charge >= 0.3 is 0 Å². The summed E-state index contributed by atoms with van der Waals surface area (Å²) in [6.07, 6.45) is 0. The first-order valence-electron chi connectivity index (χ1n) is 6.95. The predicted molar refractivity (Wildman–Crippen MR) is 87.1 cm³/mol. The molecule has 0 atom stereocenters. The van der Waals surface area contributed by atoms with E-state index in [1.165, 1.54) is 0 Å². The van der Waals surface area contributed by atoms with Crippen molar-refractivity contribution in [3.05, 3.63) is 47.5 Å². The molecule has 0 aliphatic carbocycles. The number of allylic oxidation sites excluding steroid dienone is 2. The number of hydrogen-bond acceptors (Lipinski definition) is 2. The van der Waals surface area contributed by atoms with Gasteiger partial charge in [-0.15, -0.1) is 0 Å². The largest absolute Gasteiger partial charge is 0.372 e. The average molecular weight is 281 g/mol. The van der Waals surface area contributed by atoms with Crippen LogP contribution in [0.2, 0.25) is 0 Å². The molecular formula is C18H19FN2. The van der Waals surface area contributed by atoms with Crippen LogP contribution in [0.4, 0.5) is 10.1 Å². The van der Waals surface area contributed by atoms with Gasteiger partial charge in [-0.25, -0.2) is 4.39 Å². The van der Waals surface area contributed by atoms with Crippen LogP contribution in [0, 0.1) is 11.3 Å². The van der Waals surface area contributed by atoms with Gasteiger partial charge in [0.2, 0.25) is 0 Å². The second-order valence-electron chi connectivity index (χ2n) is 5.22. The van der Waals surface area contributed by atoms with Gasteiger partial charge in [0.25, 0.3) is 0 Å². The van der Waals surface area contributed by atoms with E-state index < -0.39 is 0 Å². The molecule has 0 aliphatic heterocycles. The number of hydrogen-bond donors (Lipinski definition) is 0. The van der Waals surface area contributed by atoms with Crippen LogP contribution < -0.4 is 4.90 Å². The molecule has 0 saturated heterocycles. The molecule has 108 valence electrons. The quantitative estimate of drug-likeness (QED) is 0.768. The molecule has 2 aromatic carbocycles. The van der Waals surface area contributed by atoms with Gasteiger partial charge < -0.3 is 4.90 Å². The van der Waals surface area contributed by atoms with Crippen molar-refractivity contribution in [1.82, 2.24) is 0 Å². The fourth-order valence-electron chi connectivity index (χ4n) is 2.26. The molecule has 2 rings (SSSR count). The van der Waals surface area contributed by atoms with Crippen LogP contribution in [0.25, 0.3) is 16.3 Å². The highest BCUT2D eigenvalue weighted by atomic mass is 18.2. The van der Waals surface area contributed by atoms with Crippen LogP contribution >= 0.6 is 0 Å². The fraction of sp³-hybridized carbons (Fsp3) is 0.278. The molecule has 0 bridgehead atoms. The minimum absolute atomic E-state index is 0.356. The van der Waals surface area contributed by atoms with Gasteiger partial charge in [0.15, 0.2) is 0 Å². The van der Waals surface area contributed by atoms with Crippen LogP contribution in [-0.2, 0) is 0 Å². The number of halogens is 1. The van der Waals surface area contributed by atoms with Gasteiger partial charge in [0.05, 0.1) is 6.07 Å². The first-order chi connectivity index (χ1) is 10.1. The fourth-order valence-corrected chi connectivity index (χ4v) is 2.26. The standard InChI is InChI=1S/C18H19FN2/c1-13(12-20)14(2)15-4-5-17-11-18(21(3)9-8-19)7-6-16(17)10-15/h4-7,10-11H,8-9H2,1-3H3/b14-13-/i19-1. The highest BCUT2D eigenvalue weighted by Gasteiger charge is 2.05. The summed E-state index contributed by atoms with van der Waals surface area (Å²) in [5.41, 5.74) is 3.80. The molecule has 0 aromatic heterocycles. The van der Waals surface area contributed by atoms with Gasteiger partial charge in [-0.05, 0) is 54.0 Å². The topological polar surface area (TPSA) is 27.0 Å². The molecule has 0 N–H and O–H groups in total. The zero-order chi connectivity index (χ0) is 15.4. The maximum absolute atomic E-state index is 12.4. The second-order valence-corrected chi connectivity index (χ2v) is 5.22. The predicted octanol–water partition coefficient (Wildman–Crippen LogP) is 4.56. The van der Waals surface area contributed by atoms with Crippen molar-refractivity contribution in [2.45, 2.75) is 13.8 Å². The molecule has 3 heteroatoms. The van der Waals surface area contributed by atoms with E-state index in [2.05, 4.69) is 18.2 Å². The van der Waals surface area contributed by atoms with Gasteiger partial charge in [0.1, 0.15) is 6.67 Å². The monoisotopic (exact) mass is 281 g/mol. The van der Waals surface area contributed by atoms with E-state index in [4.69, 9.17) is 5.26 Å². The van der Waals surface area contributed by atoms with Gasteiger partial charge in [-0.1, -0.05) is 18.2 Å². The molecule has 0 heterocycles. The van der Waals surface area contributed by atoms with E-state index in [1.54, 1.807) is 0 Å². The highest BCUT2D eigenvalue weighted by Crippen LogP contribution is 2.26. The Kier molecular flexibility index (Phi) is 4.59. The molecule has 0 saturated carbocycles. The third kappa shape index (κ3) is 3.22. The van der Waals surface area contributed by atoms with Crippen molar-refractivity contribution in [1.29, 1.82) is 5.26 Å². The number of alkyl halides is 1. The van der Waals surface area contributed by atoms with Crippen molar-refractivity contribution in [3.8, 4) is 6.07 Å². The number of benzene rings is 2. The Morgan fingerprint density at radius 3 is 2.48 bits per heavy atom. The minimum atomic E-state index is -0.356. The number of nitrogens with zero attached hydrogens (tertiary/aromatic N) is 2. The Labute approximate surface area is 125 Å². The van der Waals surface area contributed by atoms with Gasteiger partial charge in [-0.2, -0.15) is 5.26 Å². The van der Waals surface area contributed by atoms with Crippen LogP contribution in [0.1, 0.15) is 19.4 Å². The lowest BCUT2D eigenvalue weighted by Gasteiger charge is -2.18. The maximum atomic E-state index is 12.4. The SMILES string of the molecule is C/C(C#N)=C(\C)c1ccc2cc(N(C)CC[18F])ccc2c1. The highest BCUT2D eigenvalue weighted by molar-refractivity contribution is 5.89. The first-order valence-corrected chi connectivity index (χ1v) is 6.95. The summed E-state index contributed by atoms with van der Waals surface area (Å²) in [5.74, 6) is 0. The Morgan fingerprint density at radius 2 is 1.81 bits per heavy atom. The summed E-state index contributed by atoms with van der Waals surface area (Å²) >= 11 is 0. The van der Waals surface area contributed by atoms with E-state index >= 15 is 0 Å². The second kappa shape index (κ2) is 6.41. The first kappa shape index (κ1) is 15.1. The van der Waals surface area contributed by atoms with E-state index in [1.807, 2.05) is 50.1 Å². The number of nitriles is 1. The molecule has 0 radical (unpaired) electrons. The summed E-state index contributed by atoms with van der Waals surface area (Å²) in [4.78, 5) is 1.90. The molecule has 0 spiro atoms. The van der Waals surface area contributed by atoms with E-state index in [0.717, 1.165) is 33.2 Å². The third-order valence-corrected chi connectivity index (χ3v) is 3.85. The lowest BCUT2D eigenvalue weighted by molar-refractivity contribution is 0.497. The summed E-state index contributed by atoms with van der Waals surface area (Å²) in [5, 5.41) is 11.2. The lowest BCUT2D eigenvalue weighted by atomic mass is 9.99. The van der Waals surface area contributed by atoms with Crippen LogP contribution in [0.5, 0.6) is 0 Å². The van der Waals surface area contributed by atoms with E-state index in [-0.39, 0.29) is 6.67 Å². The minimum Gasteiger partial charge on any atom is -0.372 e. The maximum Gasteiger partial charge on any atom is 0.107 e. The van der Waals surface area contributed by atoms with E-state index in [9.17, 15) is 4.39 Å². The lowest BCUT2D eigenvalue weighted by Crippen LogP contribution is -2.19. The van der Waals surface area contributed by atoms with Crippen molar-refractivity contribution < 1.29 is 4.39 Å². The molecule has 2 nitrogen and oxygen atoms in total. The summed E-state index contributed by atoms with van der Waals surface area (Å²) in [6, 6.07) is 14.4. The Balaban J connectivity index is 2.43. The molecule has 21 heavy (non-hydrogen) atoms. The summed E-state index contributed by atoms with van der Waals surface area (Å²) in [7, 11) is 1.89. The Bertz CT molecular complexity index is 726. The smallest absolute Gasteiger partial charge is 0.107 e. The molecule has 0 fully saturated rings. The van der Waals surface area contributed by atoms with Crippen molar-refractivity contribution >= 4 is 22.0 Å². The summed E-state index contributed by atoms with van der Waals surface area (Å²) < 4.78 is 12.4. The molecule has 2 aromatic rings. The zero-order valence-electron chi connectivity index (χ0n) is 12.7. The Morgan fingerprint density at radius 1 is 1.14 bits per heavy atom. The summed E-state index contributed by atoms with van der Waals surface area (Å²) in [6.45, 7) is 3.83. The molecule has 0 unspecified atom stereocenters. The Hall–Kier alpha value is -2.34. The van der Waals surface area contributed by atoms with Gasteiger partial charge in [-0.3, -0.25) is 0 Å². The normalized spacial score (nSPS) is 12.0. The molecule has 0 aliphatic rings. The van der Waals surface area contributed by atoms with Crippen molar-refractivity contribution in [3.63, 3.8) is 0 Å². The average Bonchev–Trinajstić information content (AvgIpc) is 2.52. The third-order valence-electron chi connectivity index (χ3n) is 3.85. The zero-order valence-corrected chi connectivity index (χ0v) is 12.7. The molecule has 0 amide bonds. The van der Waals surface area contributed by atoms with Crippen molar-refractivity contribution in [2.24, 2.45) is 0 Å². The number of rotatable bonds is 4. The van der Waals surface area contributed by atoms with Crippen LogP contribution in [0.3, 0.4) is 0 Å².